The van der Waals surface area contributed by atoms with Gasteiger partial charge in [-0.05, 0) is 65.0 Å². The normalized spacial score (nSPS) is 11.1. The summed E-state index contributed by atoms with van der Waals surface area (Å²) in [5.74, 6) is 0.767. The Hall–Kier alpha value is -2.92. The Morgan fingerprint density at radius 3 is 2.35 bits per heavy atom. The molecule has 0 aliphatic carbocycles. The molecular weight excluding hydrogens is 402 g/mol. The van der Waals surface area contributed by atoms with E-state index in [0.717, 1.165) is 22.6 Å². The van der Waals surface area contributed by atoms with Crippen LogP contribution in [-0.4, -0.2) is 22.1 Å². The van der Waals surface area contributed by atoms with E-state index < -0.39 is 0 Å². The van der Waals surface area contributed by atoms with E-state index in [0.29, 0.717) is 18.2 Å². The number of thiocarbonyl (C=S) groups is 1. The number of rotatable bonds is 6. The number of aromatic nitrogens is 1. The summed E-state index contributed by atoms with van der Waals surface area (Å²) in [6.45, 7) is 10.1. The predicted molar refractivity (Wildman–Crippen MR) is 133 cm³/mol. The van der Waals surface area contributed by atoms with E-state index in [1.807, 2.05) is 30.5 Å². The number of aryl methyl sites for hydroxylation is 1. The summed E-state index contributed by atoms with van der Waals surface area (Å²) in [6.07, 6.45) is 3.67. The van der Waals surface area contributed by atoms with Crippen LogP contribution in [0.1, 0.15) is 43.0 Å². The summed E-state index contributed by atoms with van der Waals surface area (Å²) in [6, 6.07) is 18.8. The van der Waals surface area contributed by atoms with Crippen LogP contribution < -0.4 is 10.1 Å². The van der Waals surface area contributed by atoms with Crippen molar-refractivity contribution in [2.45, 2.75) is 46.2 Å². The van der Waals surface area contributed by atoms with E-state index in [4.69, 9.17) is 17.0 Å². The molecule has 1 heterocycles. The zero-order chi connectivity index (χ0) is 22.4. The maximum atomic E-state index is 5.83. The molecule has 4 nitrogen and oxygen atoms in total. The van der Waals surface area contributed by atoms with E-state index in [9.17, 15) is 0 Å². The molecule has 2 aromatic carbocycles. The summed E-state index contributed by atoms with van der Waals surface area (Å²) < 4.78 is 5.51. The molecule has 0 spiro atoms. The van der Waals surface area contributed by atoms with Gasteiger partial charge in [0.15, 0.2) is 5.11 Å². The Bertz CT molecular complexity index is 1010. The van der Waals surface area contributed by atoms with Crippen molar-refractivity contribution in [3.05, 3.63) is 89.2 Å². The van der Waals surface area contributed by atoms with Gasteiger partial charge >= 0.3 is 0 Å². The number of hydrogen-bond donors (Lipinski definition) is 1. The quantitative estimate of drug-likeness (QED) is 0.476. The molecule has 0 aliphatic heterocycles. The van der Waals surface area contributed by atoms with Gasteiger partial charge in [-0.3, -0.25) is 4.98 Å². The van der Waals surface area contributed by atoms with Crippen LogP contribution >= 0.6 is 12.2 Å². The van der Waals surface area contributed by atoms with Gasteiger partial charge < -0.3 is 15.0 Å². The van der Waals surface area contributed by atoms with Gasteiger partial charge in [0.25, 0.3) is 0 Å². The molecule has 3 aromatic rings. The first-order chi connectivity index (χ1) is 14.8. The molecule has 0 bridgehead atoms. The molecule has 0 fully saturated rings. The molecule has 5 heteroatoms. The van der Waals surface area contributed by atoms with E-state index in [-0.39, 0.29) is 5.41 Å². The van der Waals surface area contributed by atoms with Crippen LogP contribution in [0, 0.1) is 6.92 Å². The van der Waals surface area contributed by atoms with Gasteiger partial charge in [0.1, 0.15) is 5.75 Å². The van der Waals surface area contributed by atoms with Crippen molar-refractivity contribution in [1.29, 1.82) is 0 Å². The lowest BCUT2D eigenvalue weighted by Gasteiger charge is -2.27. The second-order valence-corrected chi connectivity index (χ2v) is 9.18. The molecule has 0 atom stereocenters. The van der Waals surface area contributed by atoms with Crippen molar-refractivity contribution in [2.75, 3.05) is 12.4 Å². The van der Waals surface area contributed by atoms with Crippen LogP contribution in [0.2, 0.25) is 0 Å². The predicted octanol–water partition coefficient (Wildman–Crippen LogP) is 6.10. The summed E-state index contributed by atoms with van der Waals surface area (Å²) >= 11 is 5.83. The molecular formula is C26H31N3OS. The second kappa shape index (κ2) is 9.92. The maximum absolute atomic E-state index is 5.83. The minimum Gasteiger partial charge on any atom is -0.495 e. The van der Waals surface area contributed by atoms with Gasteiger partial charge in [0, 0.05) is 25.5 Å². The summed E-state index contributed by atoms with van der Waals surface area (Å²) in [5, 5.41) is 4.04. The lowest BCUT2D eigenvalue weighted by atomic mass is 9.87. The van der Waals surface area contributed by atoms with Gasteiger partial charge in [-0.15, -0.1) is 0 Å². The van der Waals surface area contributed by atoms with Crippen molar-refractivity contribution in [2.24, 2.45) is 0 Å². The largest absolute Gasteiger partial charge is 0.495 e. The topological polar surface area (TPSA) is 37.4 Å². The fourth-order valence-electron chi connectivity index (χ4n) is 3.36. The molecule has 31 heavy (non-hydrogen) atoms. The first-order valence-corrected chi connectivity index (χ1v) is 10.9. The molecule has 0 radical (unpaired) electrons. The highest BCUT2D eigenvalue weighted by atomic mass is 32.1. The first-order valence-electron chi connectivity index (χ1n) is 10.4. The van der Waals surface area contributed by atoms with Crippen LogP contribution in [0.25, 0.3) is 0 Å². The van der Waals surface area contributed by atoms with Crippen LogP contribution in [0.4, 0.5) is 5.69 Å². The van der Waals surface area contributed by atoms with Gasteiger partial charge in [0.2, 0.25) is 0 Å². The Morgan fingerprint density at radius 2 is 1.74 bits per heavy atom. The molecule has 162 valence electrons. The third-order valence-electron chi connectivity index (χ3n) is 5.17. The van der Waals surface area contributed by atoms with E-state index in [1.54, 1.807) is 13.3 Å². The van der Waals surface area contributed by atoms with Gasteiger partial charge in [0.05, 0.1) is 12.8 Å². The minimum absolute atomic E-state index is 0.131. The zero-order valence-corrected chi connectivity index (χ0v) is 19.8. The molecule has 1 N–H and O–H groups in total. The maximum Gasteiger partial charge on any atom is 0.174 e. The van der Waals surface area contributed by atoms with E-state index in [1.165, 1.54) is 11.1 Å². The fourth-order valence-corrected chi connectivity index (χ4v) is 3.59. The minimum atomic E-state index is 0.131. The average Bonchev–Trinajstić information content (AvgIpc) is 2.74. The van der Waals surface area contributed by atoms with Gasteiger partial charge in [-0.1, -0.05) is 57.2 Å². The lowest BCUT2D eigenvalue weighted by Crippen LogP contribution is -2.34. The number of pyridine rings is 1. The van der Waals surface area contributed by atoms with Crippen molar-refractivity contribution in [3.8, 4) is 5.75 Å². The van der Waals surface area contributed by atoms with Crippen LogP contribution in [0.5, 0.6) is 5.75 Å². The molecule has 0 saturated heterocycles. The molecule has 0 unspecified atom stereocenters. The Morgan fingerprint density at radius 1 is 1.03 bits per heavy atom. The number of benzene rings is 2. The van der Waals surface area contributed by atoms with Crippen LogP contribution in [0.3, 0.4) is 0 Å². The van der Waals surface area contributed by atoms with Gasteiger partial charge in [-0.2, -0.15) is 0 Å². The second-order valence-electron chi connectivity index (χ2n) is 8.80. The highest BCUT2D eigenvalue weighted by Gasteiger charge is 2.16. The average molecular weight is 434 g/mol. The van der Waals surface area contributed by atoms with E-state index in [2.05, 4.69) is 73.2 Å². The van der Waals surface area contributed by atoms with Crippen molar-refractivity contribution in [3.63, 3.8) is 0 Å². The van der Waals surface area contributed by atoms with Crippen LogP contribution in [-0.2, 0) is 18.5 Å². The van der Waals surface area contributed by atoms with E-state index >= 15 is 0 Å². The van der Waals surface area contributed by atoms with Crippen molar-refractivity contribution in [1.82, 2.24) is 9.88 Å². The zero-order valence-electron chi connectivity index (χ0n) is 19.0. The monoisotopic (exact) mass is 433 g/mol. The third kappa shape index (κ3) is 6.28. The number of anilines is 1. The Balaban J connectivity index is 1.84. The molecule has 1 aromatic heterocycles. The number of nitrogens with zero attached hydrogens (tertiary/aromatic N) is 2. The fraction of sp³-hybridized carbons (Fsp3) is 0.308. The lowest BCUT2D eigenvalue weighted by molar-refractivity contribution is 0.408. The number of hydrogen-bond acceptors (Lipinski definition) is 3. The summed E-state index contributed by atoms with van der Waals surface area (Å²) in [4.78, 5) is 6.41. The Labute approximate surface area is 191 Å². The summed E-state index contributed by atoms with van der Waals surface area (Å²) in [5.41, 5.74) is 5.77. The molecule has 3 rings (SSSR count). The molecule has 0 amide bonds. The standard InChI is InChI=1S/C26H31N3OS/c1-19-8-13-24(30-5)23(15-19)28-25(31)29(18-21-7-6-14-27-16-21)17-20-9-11-22(12-10-20)26(2,3)4/h6-16H,17-18H2,1-5H3,(H,28,31). The van der Waals surface area contributed by atoms with Gasteiger partial charge in [-0.25, -0.2) is 0 Å². The number of nitrogens with one attached hydrogen (secondary N) is 1. The summed E-state index contributed by atoms with van der Waals surface area (Å²) in [7, 11) is 1.67. The smallest absolute Gasteiger partial charge is 0.174 e. The van der Waals surface area contributed by atoms with Crippen molar-refractivity contribution >= 4 is 23.0 Å². The van der Waals surface area contributed by atoms with Crippen molar-refractivity contribution < 1.29 is 4.74 Å². The highest BCUT2D eigenvalue weighted by Crippen LogP contribution is 2.26. The first kappa shape index (κ1) is 22.8. The van der Waals surface area contributed by atoms with Crippen LogP contribution in [0.15, 0.2) is 67.0 Å². The highest BCUT2D eigenvalue weighted by molar-refractivity contribution is 7.80. The molecule has 0 saturated carbocycles. The SMILES string of the molecule is COc1ccc(C)cc1NC(=S)N(Cc1ccc(C(C)(C)C)cc1)Cc1cccnc1. The number of methoxy groups -OCH3 is 1. The third-order valence-corrected chi connectivity index (χ3v) is 5.53. The Kier molecular flexibility index (Phi) is 7.29. The molecule has 0 aliphatic rings. The number of ether oxygens (including phenoxy) is 1.